The molecule has 1 fully saturated rings. The first-order valence-corrected chi connectivity index (χ1v) is 17.7. The maximum absolute atomic E-state index is 13.8. The zero-order chi connectivity index (χ0) is 32.5. The Bertz CT molecular complexity index is 1300. The molecule has 1 aliphatic heterocycles. The third-order valence-corrected chi connectivity index (χ3v) is 9.94. The largest absolute Gasteiger partial charge is 0.458 e. The molecule has 12 nitrogen and oxygen atoms in total. The molecule has 1 aliphatic rings. The number of aromatic nitrogens is 1. The van der Waals surface area contributed by atoms with E-state index in [2.05, 4.69) is 33.9 Å². The van der Waals surface area contributed by atoms with Gasteiger partial charge in [0.25, 0.3) is 10.1 Å². The number of thiazole rings is 1. The molecular weight excluding hydrogens is 634 g/mol. The molecule has 16 heteroatoms. The van der Waals surface area contributed by atoms with Crippen molar-refractivity contribution in [3.8, 4) is 0 Å². The zero-order valence-electron chi connectivity index (χ0n) is 25.8. The number of ether oxygens (including phenoxy) is 1. The van der Waals surface area contributed by atoms with Crippen molar-refractivity contribution in [3.05, 3.63) is 32.1 Å². The molecule has 9 unspecified atom stereocenters. The maximum Gasteiger partial charge on any atom is 0.309 e. The Morgan fingerprint density at radius 2 is 1.93 bits per heavy atom. The standard InChI is InChI=1S/C27H44N4O8P2S2/c1-15-9-8-10-21(39-43(7,34)35)20(30-31-28)12-22(16(2)11-19-14-42-18(4)29-19)36-24(32)13-23(37-40)27(5,6)26(33)17(3)25(15)38-41/h11,14-15,17,20-23,25H,8-10,12-13,40-41H2,1-7H3/b16-11+. The quantitative estimate of drug-likeness (QED) is 0.0843. The van der Waals surface area contributed by atoms with Crippen LogP contribution in [-0.4, -0.2) is 61.9 Å². The fourth-order valence-corrected chi connectivity index (χ4v) is 7.65. The van der Waals surface area contributed by atoms with E-state index in [1.54, 1.807) is 33.8 Å². The van der Waals surface area contributed by atoms with E-state index in [4.69, 9.17) is 18.0 Å². The first kappa shape index (κ1) is 37.7. The molecule has 1 aromatic heterocycles. The van der Waals surface area contributed by atoms with Crippen LogP contribution in [0.5, 0.6) is 0 Å². The predicted molar refractivity (Wildman–Crippen MR) is 172 cm³/mol. The minimum Gasteiger partial charge on any atom is -0.458 e. The van der Waals surface area contributed by atoms with Crippen LogP contribution in [0.2, 0.25) is 0 Å². The van der Waals surface area contributed by atoms with Crippen molar-refractivity contribution in [1.29, 1.82) is 0 Å². The van der Waals surface area contributed by atoms with Crippen molar-refractivity contribution in [3.63, 3.8) is 0 Å². The van der Waals surface area contributed by atoms with Crippen LogP contribution in [0.1, 0.15) is 77.4 Å². The molecule has 0 bridgehead atoms. The van der Waals surface area contributed by atoms with Crippen LogP contribution in [0.15, 0.2) is 16.1 Å². The summed E-state index contributed by atoms with van der Waals surface area (Å²) in [5.74, 6) is -1.43. The van der Waals surface area contributed by atoms with E-state index in [1.165, 1.54) is 11.3 Å². The van der Waals surface area contributed by atoms with E-state index in [0.29, 0.717) is 24.1 Å². The van der Waals surface area contributed by atoms with Gasteiger partial charge in [-0.1, -0.05) is 39.2 Å². The highest BCUT2D eigenvalue weighted by Gasteiger charge is 2.44. The van der Waals surface area contributed by atoms with E-state index < -0.39 is 57.9 Å². The predicted octanol–water partition coefficient (Wildman–Crippen LogP) is 5.97. The molecule has 9 atom stereocenters. The SMILES string of the molecule is C/C(=C\c1csc(C)n1)C1CC(N=[N+]=[N-])C(OS(C)(=O)=O)CCCC(C)C(OP)C(C)C(=O)C(C)(C)C(OP)CC(=O)O1. The summed E-state index contributed by atoms with van der Waals surface area (Å²) in [7, 11) is 0.440. The minimum atomic E-state index is -3.93. The van der Waals surface area contributed by atoms with Gasteiger partial charge in [-0.3, -0.25) is 13.8 Å². The number of azide groups is 1. The van der Waals surface area contributed by atoms with Crippen molar-refractivity contribution < 1.29 is 36.0 Å². The molecule has 0 aliphatic carbocycles. The molecule has 43 heavy (non-hydrogen) atoms. The first-order valence-electron chi connectivity index (χ1n) is 14.0. The van der Waals surface area contributed by atoms with E-state index in [1.807, 2.05) is 19.2 Å². The second kappa shape index (κ2) is 16.7. The van der Waals surface area contributed by atoms with Crippen molar-refractivity contribution in [1.82, 2.24) is 4.98 Å². The molecule has 2 rings (SSSR count). The number of cyclic esters (lactones) is 1. The molecule has 242 valence electrons. The van der Waals surface area contributed by atoms with Gasteiger partial charge in [0, 0.05) is 35.1 Å². The van der Waals surface area contributed by atoms with Gasteiger partial charge in [0.1, 0.15) is 11.9 Å². The Hall–Kier alpha value is -1.49. The van der Waals surface area contributed by atoms with Gasteiger partial charge in [-0.25, -0.2) is 4.98 Å². The molecule has 0 radical (unpaired) electrons. The summed E-state index contributed by atoms with van der Waals surface area (Å²) in [5, 5.41) is 6.62. The van der Waals surface area contributed by atoms with Crippen LogP contribution >= 0.6 is 30.3 Å². The zero-order valence-corrected chi connectivity index (χ0v) is 29.7. The minimum absolute atomic E-state index is 0.0416. The fourth-order valence-electron chi connectivity index (χ4n) is 5.46. The van der Waals surface area contributed by atoms with E-state index in [9.17, 15) is 23.5 Å². The summed E-state index contributed by atoms with van der Waals surface area (Å²) >= 11 is 1.46. The van der Waals surface area contributed by atoms with E-state index in [0.717, 1.165) is 11.3 Å². The summed E-state index contributed by atoms with van der Waals surface area (Å²) in [5.41, 5.74) is 9.63. The molecular formula is C27H44N4O8P2S2. The summed E-state index contributed by atoms with van der Waals surface area (Å²) in [6.07, 6.45) is 0.467. The van der Waals surface area contributed by atoms with Crippen LogP contribution < -0.4 is 0 Å². The van der Waals surface area contributed by atoms with Crippen molar-refractivity contribution in [2.24, 2.45) is 22.4 Å². The Balaban J connectivity index is 2.62. The highest BCUT2D eigenvalue weighted by atomic mass is 32.2. The number of hydrogen-bond acceptors (Lipinski definition) is 11. The summed E-state index contributed by atoms with van der Waals surface area (Å²) in [6.45, 7) is 10.8. The molecule has 0 amide bonds. The van der Waals surface area contributed by atoms with Crippen molar-refractivity contribution in [2.45, 2.75) is 104 Å². The number of aryl methyl sites for hydroxylation is 1. The molecule has 0 spiro atoms. The highest BCUT2D eigenvalue weighted by molar-refractivity contribution is 7.86. The van der Waals surface area contributed by atoms with Crippen molar-refractivity contribution >= 4 is 58.2 Å². The molecule has 1 saturated heterocycles. The molecule has 0 saturated carbocycles. The van der Waals surface area contributed by atoms with Crippen molar-refractivity contribution in [2.75, 3.05) is 6.26 Å². The van der Waals surface area contributed by atoms with Crippen LogP contribution in [-0.2, 0) is 37.7 Å². The fraction of sp³-hybridized carbons (Fsp3) is 0.741. The number of Topliss-reactive ketones (excluding diaryl/α,β-unsaturated/α-hetero) is 1. The monoisotopic (exact) mass is 678 g/mol. The summed E-state index contributed by atoms with van der Waals surface area (Å²) in [6, 6.07) is -0.985. The number of hydrogen-bond donors (Lipinski definition) is 0. The lowest BCUT2D eigenvalue weighted by atomic mass is 9.73. The Morgan fingerprint density at radius 1 is 1.26 bits per heavy atom. The van der Waals surface area contributed by atoms with Gasteiger partial charge >= 0.3 is 5.97 Å². The molecule has 0 aromatic carbocycles. The van der Waals surface area contributed by atoms with Crippen LogP contribution in [0.4, 0.5) is 0 Å². The average molecular weight is 679 g/mol. The lowest BCUT2D eigenvalue weighted by Gasteiger charge is -2.37. The topological polar surface area (TPSA) is 167 Å². The molecule has 1 aromatic rings. The van der Waals surface area contributed by atoms with Crippen LogP contribution in [0, 0.1) is 24.2 Å². The summed E-state index contributed by atoms with van der Waals surface area (Å²) in [4.78, 5) is 34.6. The Kier molecular flexibility index (Phi) is 14.7. The number of ketones is 1. The third kappa shape index (κ3) is 11.1. The number of nitrogens with zero attached hydrogens (tertiary/aromatic N) is 4. The Labute approximate surface area is 263 Å². The summed E-state index contributed by atoms with van der Waals surface area (Å²) < 4.78 is 47.2. The normalized spacial score (nSPS) is 30.3. The van der Waals surface area contributed by atoms with Gasteiger partial charge in [0.05, 0.1) is 53.1 Å². The number of carbonyl (C=O) groups is 2. The van der Waals surface area contributed by atoms with Gasteiger partial charge in [-0.2, -0.15) is 8.42 Å². The lowest BCUT2D eigenvalue weighted by molar-refractivity contribution is -0.153. The smallest absolute Gasteiger partial charge is 0.309 e. The molecule has 2 heterocycles. The van der Waals surface area contributed by atoms with Crippen LogP contribution in [0.3, 0.4) is 0 Å². The van der Waals surface area contributed by atoms with Gasteiger partial charge < -0.3 is 13.8 Å². The number of rotatable bonds is 7. The maximum atomic E-state index is 13.8. The second-order valence-corrected chi connectivity index (χ2v) is 14.9. The third-order valence-electron chi connectivity index (χ3n) is 7.91. The van der Waals surface area contributed by atoms with Gasteiger partial charge in [-0.05, 0) is 56.2 Å². The highest BCUT2D eigenvalue weighted by Crippen LogP contribution is 2.36. The van der Waals surface area contributed by atoms with Gasteiger partial charge in [0.15, 0.2) is 0 Å². The second-order valence-electron chi connectivity index (χ2n) is 11.7. The molecule has 0 N–H and O–H groups in total. The van der Waals surface area contributed by atoms with E-state index in [-0.39, 0.29) is 31.0 Å². The van der Waals surface area contributed by atoms with Gasteiger partial charge in [-0.15, -0.1) is 11.3 Å². The van der Waals surface area contributed by atoms with Gasteiger partial charge in [0.2, 0.25) is 0 Å². The average Bonchev–Trinajstić information content (AvgIpc) is 3.32. The Morgan fingerprint density at radius 3 is 2.47 bits per heavy atom. The number of carbonyl (C=O) groups excluding carboxylic acids is 2. The number of esters is 1. The first-order chi connectivity index (χ1) is 20.0. The van der Waals surface area contributed by atoms with Crippen LogP contribution in [0.25, 0.3) is 16.5 Å². The lowest BCUT2D eigenvalue weighted by Crippen LogP contribution is -2.46. The van der Waals surface area contributed by atoms with E-state index >= 15 is 0 Å².